The number of hydrogen-bond acceptors (Lipinski definition) is 4. The molecule has 0 saturated carbocycles. The van der Waals surface area contributed by atoms with Crippen molar-refractivity contribution in [2.75, 3.05) is 13.1 Å². The highest BCUT2D eigenvalue weighted by Gasteiger charge is 2.41. The lowest BCUT2D eigenvalue weighted by Gasteiger charge is -2.43. The molecule has 2 heterocycles. The maximum absolute atomic E-state index is 12.1. The Morgan fingerprint density at radius 1 is 1.28 bits per heavy atom. The topological polar surface area (TPSA) is 47.6 Å². The maximum atomic E-state index is 12.1. The molecule has 1 N–H and O–H groups in total. The first-order valence-corrected chi connectivity index (χ1v) is 7.02. The summed E-state index contributed by atoms with van der Waals surface area (Å²) in [6, 6.07) is 0. The van der Waals surface area contributed by atoms with Gasteiger partial charge in [0.05, 0.1) is 5.60 Å². The van der Waals surface area contributed by atoms with E-state index < -0.39 is 5.60 Å². The molecule has 0 amide bonds. The summed E-state index contributed by atoms with van der Waals surface area (Å²) in [4.78, 5) is 12.1. The molecule has 2 saturated heterocycles. The van der Waals surface area contributed by atoms with Crippen LogP contribution < -0.4 is 5.32 Å². The number of nitrogens with one attached hydrogen (secondary N) is 1. The third-order valence-corrected chi connectivity index (χ3v) is 3.68. The van der Waals surface area contributed by atoms with E-state index in [0.29, 0.717) is 0 Å². The molecule has 4 heteroatoms. The first-order chi connectivity index (χ1) is 8.40. The van der Waals surface area contributed by atoms with E-state index in [-0.39, 0.29) is 17.7 Å². The lowest BCUT2D eigenvalue weighted by atomic mass is 9.84. The number of carbonyl (C=O) groups excluding carboxylic acids is 1. The Morgan fingerprint density at radius 2 is 1.94 bits per heavy atom. The van der Waals surface area contributed by atoms with Gasteiger partial charge in [-0.25, -0.2) is 4.79 Å². The van der Waals surface area contributed by atoms with Gasteiger partial charge in [-0.05, 0) is 66.0 Å². The standard InChI is InChI=1S/C14H25NO3/c1-13(2,3)18-12(16)11-5-4-6-14(17-11)7-9-15-10-8-14/h11,15H,4-10H2,1-3H3. The maximum Gasteiger partial charge on any atom is 0.335 e. The van der Waals surface area contributed by atoms with Crippen molar-refractivity contribution >= 4 is 5.97 Å². The summed E-state index contributed by atoms with van der Waals surface area (Å²) in [5.41, 5.74) is -0.510. The quantitative estimate of drug-likeness (QED) is 0.728. The Morgan fingerprint density at radius 3 is 2.56 bits per heavy atom. The van der Waals surface area contributed by atoms with Gasteiger partial charge in [0.2, 0.25) is 0 Å². The minimum atomic E-state index is -0.431. The Hall–Kier alpha value is -0.610. The molecule has 0 aromatic rings. The van der Waals surface area contributed by atoms with Crippen LogP contribution in [-0.2, 0) is 14.3 Å². The molecule has 0 radical (unpaired) electrons. The second-order valence-corrected chi connectivity index (χ2v) is 6.47. The fraction of sp³-hybridized carbons (Fsp3) is 0.929. The number of ether oxygens (including phenoxy) is 2. The van der Waals surface area contributed by atoms with E-state index in [2.05, 4.69) is 5.32 Å². The molecule has 104 valence electrons. The second-order valence-electron chi connectivity index (χ2n) is 6.47. The molecule has 1 atom stereocenters. The van der Waals surface area contributed by atoms with Crippen LogP contribution >= 0.6 is 0 Å². The monoisotopic (exact) mass is 255 g/mol. The number of hydrogen-bond donors (Lipinski definition) is 1. The summed E-state index contributed by atoms with van der Waals surface area (Å²) in [6.45, 7) is 7.66. The Labute approximate surface area is 109 Å². The molecule has 1 unspecified atom stereocenters. The molecule has 18 heavy (non-hydrogen) atoms. The molecule has 2 aliphatic rings. The number of carbonyl (C=O) groups is 1. The van der Waals surface area contributed by atoms with Gasteiger partial charge in [-0.15, -0.1) is 0 Å². The smallest absolute Gasteiger partial charge is 0.335 e. The van der Waals surface area contributed by atoms with Crippen LogP contribution in [-0.4, -0.2) is 36.4 Å². The molecule has 4 nitrogen and oxygen atoms in total. The van der Waals surface area contributed by atoms with E-state index in [4.69, 9.17) is 9.47 Å². The van der Waals surface area contributed by atoms with Gasteiger partial charge in [-0.2, -0.15) is 0 Å². The summed E-state index contributed by atoms with van der Waals surface area (Å²) in [7, 11) is 0. The summed E-state index contributed by atoms with van der Waals surface area (Å²) in [5, 5.41) is 3.34. The van der Waals surface area contributed by atoms with Crippen molar-refractivity contribution in [3.63, 3.8) is 0 Å². The zero-order chi connectivity index (χ0) is 13.2. The van der Waals surface area contributed by atoms with Crippen LogP contribution in [0.15, 0.2) is 0 Å². The minimum Gasteiger partial charge on any atom is -0.458 e. The number of esters is 1. The zero-order valence-electron chi connectivity index (χ0n) is 11.8. The summed E-state index contributed by atoms with van der Waals surface area (Å²) < 4.78 is 11.5. The van der Waals surface area contributed by atoms with Crippen LogP contribution in [0.4, 0.5) is 0 Å². The Kier molecular flexibility index (Phi) is 3.97. The predicted octanol–water partition coefficient (Wildman–Crippen LogP) is 2.02. The van der Waals surface area contributed by atoms with Crippen LogP contribution in [0.1, 0.15) is 52.9 Å². The molecule has 2 fully saturated rings. The first-order valence-electron chi connectivity index (χ1n) is 7.02. The zero-order valence-corrected chi connectivity index (χ0v) is 11.8. The minimum absolute atomic E-state index is 0.0783. The van der Waals surface area contributed by atoms with E-state index in [0.717, 1.165) is 45.2 Å². The number of piperidine rings is 1. The molecule has 0 aliphatic carbocycles. The average molecular weight is 255 g/mol. The third-order valence-electron chi connectivity index (χ3n) is 3.68. The molecule has 1 spiro atoms. The van der Waals surface area contributed by atoms with Crippen LogP contribution in [0.3, 0.4) is 0 Å². The van der Waals surface area contributed by atoms with Gasteiger partial charge >= 0.3 is 5.97 Å². The molecular weight excluding hydrogens is 230 g/mol. The van der Waals surface area contributed by atoms with E-state index in [1.165, 1.54) is 0 Å². The highest BCUT2D eigenvalue weighted by molar-refractivity contribution is 5.75. The van der Waals surface area contributed by atoms with E-state index in [9.17, 15) is 4.79 Å². The summed E-state index contributed by atoms with van der Waals surface area (Å²) in [6.07, 6.45) is 4.58. The fourth-order valence-electron chi connectivity index (χ4n) is 2.81. The van der Waals surface area contributed by atoms with Crippen molar-refractivity contribution in [2.24, 2.45) is 0 Å². The van der Waals surface area contributed by atoms with Crippen LogP contribution in [0.2, 0.25) is 0 Å². The molecule has 2 rings (SSSR count). The van der Waals surface area contributed by atoms with Gasteiger partial charge in [-0.1, -0.05) is 0 Å². The molecule has 0 aromatic heterocycles. The van der Waals surface area contributed by atoms with Crippen molar-refractivity contribution < 1.29 is 14.3 Å². The Bertz CT molecular complexity index is 297. The molecule has 0 aromatic carbocycles. The van der Waals surface area contributed by atoms with Gasteiger partial charge in [-0.3, -0.25) is 0 Å². The third kappa shape index (κ3) is 3.45. The molecular formula is C14H25NO3. The highest BCUT2D eigenvalue weighted by atomic mass is 16.6. The van der Waals surface area contributed by atoms with Crippen molar-refractivity contribution in [3.8, 4) is 0 Å². The van der Waals surface area contributed by atoms with Crippen molar-refractivity contribution in [1.29, 1.82) is 0 Å². The van der Waals surface area contributed by atoms with E-state index >= 15 is 0 Å². The van der Waals surface area contributed by atoms with Gasteiger partial charge in [0, 0.05) is 0 Å². The van der Waals surface area contributed by atoms with Crippen molar-refractivity contribution in [3.05, 3.63) is 0 Å². The normalized spacial score (nSPS) is 28.1. The number of rotatable bonds is 1. The largest absolute Gasteiger partial charge is 0.458 e. The van der Waals surface area contributed by atoms with E-state index in [1.54, 1.807) is 0 Å². The summed E-state index contributed by atoms with van der Waals surface area (Å²) >= 11 is 0. The second kappa shape index (κ2) is 5.17. The first kappa shape index (κ1) is 13.8. The highest BCUT2D eigenvalue weighted by Crippen LogP contribution is 2.36. The summed E-state index contributed by atoms with van der Waals surface area (Å²) in [5.74, 6) is -0.194. The van der Waals surface area contributed by atoms with Crippen LogP contribution in [0.5, 0.6) is 0 Å². The Balaban J connectivity index is 1.95. The van der Waals surface area contributed by atoms with Crippen LogP contribution in [0, 0.1) is 0 Å². The van der Waals surface area contributed by atoms with Crippen molar-refractivity contribution in [1.82, 2.24) is 5.32 Å². The van der Waals surface area contributed by atoms with Gasteiger partial charge < -0.3 is 14.8 Å². The lowest BCUT2D eigenvalue weighted by Crippen LogP contribution is -2.50. The van der Waals surface area contributed by atoms with E-state index in [1.807, 2.05) is 20.8 Å². The van der Waals surface area contributed by atoms with Gasteiger partial charge in [0.25, 0.3) is 0 Å². The van der Waals surface area contributed by atoms with Gasteiger partial charge in [0.1, 0.15) is 5.60 Å². The lowest BCUT2D eigenvalue weighted by molar-refractivity contribution is -0.194. The van der Waals surface area contributed by atoms with Crippen molar-refractivity contribution in [2.45, 2.75) is 70.2 Å². The average Bonchev–Trinajstić information content (AvgIpc) is 2.28. The SMILES string of the molecule is CC(C)(C)OC(=O)C1CCCC2(CCNCC2)O1. The predicted molar refractivity (Wildman–Crippen MR) is 69.4 cm³/mol. The van der Waals surface area contributed by atoms with Gasteiger partial charge in [0.15, 0.2) is 6.10 Å². The fourth-order valence-corrected chi connectivity index (χ4v) is 2.81. The molecule has 2 aliphatic heterocycles. The van der Waals surface area contributed by atoms with Crippen LogP contribution in [0.25, 0.3) is 0 Å². The molecule has 0 bridgehead atoms.